The van der Waals surface area contributed by atoms with Crippen LogP contribution in [0.5, 0.6) is 0 Å². The molecule has 9 heteroatoms. The number of alkyl halides is 3. The standard InChI is InChI=1S/C28H23F3N2O4/c1-16-8-5-6-13-20(16)33-24(34)21-22(25(33)35)27(26(36)37,15-17-9-3-2-4-10-17)32-23(21)18-11-7-12-19(14-18)28(29,30)31/h2-14,21-23,32H,15H2,1H3,(H,36,37). The number of hydrogen-bond donors (Lipinski definition) is 2. The normalized spacial score (nSPS) is 25.4. The zero-order valence-corrected chi connectivity index (χ0v) is 19.7. The molecule has 2 saturated heterocycles. The number of carbonyl (C=O) groups excluding carboxylic acids is 2. The van der Waals surface area contributed by atoms with E-state index in [4.69, 9.17) is 0 Å². The van der Waals surface area contributed by atoms with Crippen molar-refractivity contribution in [2.24, 2.45) is 11.8 Å². The van der Waals surface area contributed by atoms with Crippen LogP contribution in [0.15, 0.2) is 78.9 Å². The number of anilines is 1. The van der Waals surface area contributed by atoms with Crippen LogP contribution in [-0.4, -0.2) is 28.4 Å². The van der Waals surface area contributed by atoms with Gasteiger partial charge in [-0.25, -0.2) is 4.90 Å². The van der Waals surface area contributed by atoms with Crippen LogP contribution in [0.4, 0.5) is 18.9 Å². The molecule has 2 fully saturated rings. The fourth-order valence-electron chi connectivity index (χ4n) is 5.60. The number of halogens is 3. The van der Waals surface area contributed by atoms with Crippen molar-refractivity contribution in [3.05, 3.63) is 101 Å². The van der Waals surface area contributed by atoms with Gasteiger partial charge >= 0.3 is 12.1 Å². The Kier molecular flexibility index (Phi) is 5.91. The molecule has 5 rings (SSSR count). The summed E-state index contributed by atoms with van der Waals surface area (Å²) in [6.45, 7) is 1.72. The van der Waals surface area contributed by atoms with E-state index in [2.05, 4.69) is 5.32 Å². The Morgan fingerprint density at radius 2 is 1.65 bits per heavy atom. The molecular formula is C28H23F3N2O4. The Bertz CT molecular complexity index is 1390. The first-order chi connectivity index (χ1) is 17.5. The lowest BCUT2D eigenvalue weighted by Crippen LogP contribution is -2.57. The Hall–Kier alpha value is -3.98. The molecule has 4 unspecified atom stereocenters. The lowest BCUT2D eigenvalue weighted by Gasteiger charge is -2.31. The van der Waals surface area contributed by atoms with Gasteiger partial charge in [-0.1, -0.05) is 60.7 Å². The summed E-state index contributed by atoms with van der Waals surface area (Å²) in [6, 6.07) is 18.7. The molecule has 2 heterocycles. The number of hydrogen-bond acceptors (Lipinski definition) is 4. The first kappa shape index (κ1) is 24.7. The van der Waals surface area contributed by atoms with Crippen molar-refractivity contribution in [2.75, 3.05) is 4.90 Å². The maximum absolute atomic E-state index is 13.9. The number of fused-ring (bicyclic) bond motifs is 1. The number of imide groups is 1. The minimum absolute atomic E-state index is 0.0915. The van der Waals surface area contributed by atoms with Gasteiger partial charge in [0.1, 0.15) is 5.54 Å². The molecule has 6 nitrogen and oxygen atoms in total. The maximum atomic E-state index is 13.9. The lowest BCUT2D eigenvalue weighted by atomic mass is 9.76. The summed E-state index contributed by atoms with van der Waals surface area (Å²) in [5.74, 6) is -5.24. The Balaban J connectivity index is 1.68. The minimum atomic E-state index is -4.63. The summed E-state index contributed by atoms with van der Waals surface area (Å²) in [5, 5.41) is 13.5. The molecule has 2 aliphatic rings. The number of nitrogens with one attached hydrogen (secondary N) is 1. The van der Waals surface area contributed by atoms with E-state index in [0.717, 1.165) is 17.0 Å². The molecule has 3 aromatic rings. The number of aliphatic carboxylic acids is 1. The van der Waals surface area contributed by atoms with E-state index >= 15 is 0 Å². The van der Waals surface area contributed by atoms with Gasteiger partial charge in [0.05, 0.1) is 23.1 Å². The summed E-state index contributed by atoms with van der Waals surface area (Å²) < 4.78 is 40.5. The van der Waals surface area contributed by atoms with Crippen molar-refractivity contribution in [3.63, 3.8) is 0 Å². The molecule has 0 spiro atoms. The molecule has 2 amide bonds. The number of amides is 2. The number of carboxylic acid groups (broad SMARTS) is 1. The fraction of sp³-hybridized carbons (Fsp3) is 0.250. The van der Waals surface area contributed by atoms with Crippen molar-refractivity contribution < 1.29 is 32.7 Å². The number of benzene rings is 3. The van der Waals surface area contributed by atoms with Gasteiger partial charge in [0.2, 0.25) is 11.8 Å². The smallest absolute Gasteiger partial charge is 0.416 e. The van der Waals surface area contributed by atoms with Gasteiger partial charge in [0, 0.05) is 12.5 Å². The Morgan fingerprint density at radius 1 is 0.973 bits per heavy atom. The van der Waals surface area contributed by atoms with Crippen molar-refractivity contribution in [1.82, 2.24) is 5.32 Å². The summed E-state index contributed by atoms with van der Waals surface area (Å²) in [6.07, 6.45) is -4.77. The fourth-order valence-corrected chi connectivity index (χ4v) is 5.60. The second-order valence-corrected chi connectivity index (χ2v) is 9.49. The quantitative estimate of drug-likeness (QED) is 0.495. The van der Waals surface area contributed by atoms with Crippen LogP contribution in [0.25, 0.3) is 0 Å². The van der Waals surface area contributed by atoms with Gasteiger partial charge in [-0.15, -0.1) is 0 Å². The van der Waals surface area contributed by atoms with Gasteiger partial charge in [0.25, 0.3) is 0 Å². The monoisotopic (exact) mass is 508 g/mol. The average molecular weight is 508 g/mol. The van der Waals surface area contributed by atoms with E-state index in [1.54, 1.807) is 61.5 Å². The number of aryl methyl sites for hydroxylation is 1. The number of nitrogens with zero attached hydrogens (tertiary/aromatic N) is 1. The molecule has 2 aliphatic heterocycles. The second-order valence-electron chi connectivity index (χ2n) is 9.49. The predicted molar refractivity (Wildman–Crippen MR) is 128 cm³/mol. The Labute approximate surface area is 210 Å². The first-order valence-electron chi connectivity index (χ1n) is 11.7. The van der Waals surface area contributed by atoms with E-state index in [-0.39, 0.29) is 12.0 Å². The van der Waals surface area contributed by atoms with E-state index in [1.807, 2.05) is 0 Å². The van der Waals surface area contributed by atoms with Crippen LogP contribution >= 0.6 is 0 Å². The third-order valence-corrected chi connectivity index (χ3v) is 7.29. The van der Waals surface area contributed by atoms with Crippen LogP contribution in [0.1, 0.15) is 28.3 Å². The van der Waals surface area contributed by atoms with Crippen LogP contribution < -0.4 is 10.2 Å². The molecule has 0 radical (unpaired) electrons. The minimum Gasteiger partial charge on any atom is -0.480 e. The van der Waals surface area contributed by atoms with Crippen molar-refractivity contribution >= 4 is 23.5 Å². The van der Waals surface area contributed by atoms with Crippen LogP contribution in [0, 0.1) is 18.8 Å². The molecule has 2 N–H and O–H groups in total. The van der Waals surface area contributed by atoms with E-state index in [0.29, 0.717) is 16.8 Å². The van der Waals surface area contributed by atoms with E-state index < -0.39 is 52.9 Å². The van der Waals surface area contributed by atoms with Gasteiger partial charge in [0.15, 0.2) is 0 Å². The van der Waals surface area contributed by atoms with Gasteiger partial charge in [-0.05, 0) is 41.8 Å². The molecule has 0 aromatic heterocycles. The summed E-state index contributed by atoms with van der Waals surface area (Å²) in [5.41, 5.74) is -1.18. The second kappa shape index (κ2) is 8.85. The SMILES string of the molecule is Cc1ccccc1N1C(=O)C2C(c3cccc(C(F)(F)F)c3)NC(Cc3ccccc3)(C(=O)O)C2C1=O. The number of para-hydroxylation sites is 1. The maximum Gasteiger partial charge on any atom is 0.416 e. The van der Waals surface area contributed by atoms with Crippen molar-refractivity contribution in [3.8, 4) is 0 Å². The van der Waals surface area contributed by atoms with Gasteiger partial charge < -0.3 is 5.11 Å². The third-order valence-electron chi connectivity index (χ3n) is 7.29. The van der Waals surface area contributed by atoms with Gasteiger partial charge in [-0.2, -0.15) is 13.2 Å². The number of rotatable bonds is 5. The van der Waals surface area contributed by atoms with Crippen LogP contribution in [0.2, 0.25) is 0 Å². The highest BCUT2D eigenvalue weighted by Gasteiger charge is 2.68. The third kappa shape index (κ3) is 3.99. The van der Waals surface area contributed by atoms with E-state index in [9.17, 15) is 32.7 Å². The summed E-state index contributed by atoms with van der Waals surface area (Å²) in [7, 11) is 0. The number of carbonyl (C=O) groups is 3. The number of carboxylic acids is 1. The molecule has 4 atom stereocenters. The molecule has 0 bridgehead atoms. The lowest BCUT2D eigenvalue weighted by molar-refractivity contribution is -0.148. The molecular weight excluding hydrogens is 485 g/mol. The largest absolute Gasteiger partial charge is 0.480 e. The highest BCUT2D eigenvalue weighted by atomic mass is 19.4. The van der Waals surface area contributed by atoms with Crippen molar-refractivity contribution in [1.29, 1.82) is 0 Å². The van der Waals surface area contributed by atoms with Crippen LogP contribution in [0.3, 0.4) is 0 Å². The summed E-state index contributed by atoms with van der Waals surface area (Å²) >= 11 is 0. The molecule has 0 aliphatic carbocycles. The van der Waals surface area contributed by atoms with Crippen molar-refractivity contribution in [2.45, 2.75) is 31.1 Å². The zero-order chi connectivity index (χ0) is 26.5. The molecule has 0 saturated carbocycles. The highest BCUT2D eigenvalue weighted by molar-refractivity contribution is 6.24. The molecule has 3 aromatic carbocycles. The highest BCUT2D eigenvalue weighted by Crippen LogP contribution is 2.51. The van der Waals surface area contributed by atoms with Crippen LogP contribution in [-0.2, 0) is 27.0 Å². The van der Waals surface area contributed by atoms with E-state index in [1.165, 1.54) is 12.1 Å². The molecule has 190 valence electrons. The Morgan fingerprint density at radius 3 is 2.30 bits per heavy atom. The predicted octanol–water partition coefficient (Wildman–Crippen LogP) is 4.53. The van der Waals surface area contributed by atoms with Gasteiger partial charge in [-0.3, -0.25) is 19.7 Å². The summed E-state index contributed by atoms with van der Waals surface area (Å²) in [4.78, 5) is 41.6. The zero-order valence-electron chi connectivity index (χ0n) is 19.7. The topological polar surface area (TPSA) is 86.7 Å². The molecule has 37 heavy (non-hydrogen) atoms. The first-order valence-corrected chi connectivity index (χ1v) is 11.7. The average Bonchev–Trinajstić information content (AvgIpc) is 3.34.